The van der Waals surface area contributed by atoms with Crippen molar-refractivity contribution < 1.29 is 19.0 Å². The number of morpholine rings is 1. The average Bonchev–Trinajstić information content (AvgIpc) is 3.17. The summed E-state index contributed by atoms with van der Waals surface area (Å²) in [6, 6.07) is 8.66. The van der Waals surface area contributed by atoms with Crippen molar-refractivity contribution >= 4 is 49.1 Å². The van der Waals surface area contributed by atoms with Crippen LogP contribution in [-0.4, -0.2) is 59.9 Å². The Morgan fingerprint density at radius 3 is 2.84 bits per heavy atom. The van der Waals surface area contributed by atoms with Gasteiger partial charge in [-0.05, 0) is 18.2 Å². The van der Waals surface area contributed by atoms with E-state index < -0.39 is 17.2 Å². The normalized spacial score (nSPS) is 14.6. The summed E-state index contributed by atoms with van der Waals surface area (Å²) in [5.74, 6) is -1.06. The van der Waals surface area contributed by atoms with Crippen molar-refractivity contribution in [1.82, 2.24) is 14.7 Å². The van der Waals surface area contributed by atoms with E-state index in [-0.39, 0.29) is 29.9 Å². The summed E-state index contributed by atoms with van der Waals surface area (Å²) < 4.78 is 23.0. The van der Waals surface area contributed by atoms with Gasteiger partial charge in [0.2, 0.25) is 5.43 Å². The molecule has 10 heteroatoms. The minimum absolute atomic E-state index is 0.00987. The Morgan fingerprint density at radius 1 is 1.29 bits per heavy atom. The molecule has 0 atom stereocenters. The molecule has 3 aromatic heterocycles. The number of ether oxygens (including phenoxy) is 1. The number of anilines is 1. The summed E-state index contributed by atoms with van der Waals surface area (Å²) in [4.78, 5) is 32.9. The van der Waals surface area contributed by atoms with Crippen LogP contribution in [0.2, 0.25) is 0 Å². The third-order valence-electron chi connectivity index (χ3n) is 5.29. The zero-order chi connectivity index (χ0) is 21.5. The van der Waals surface area contributed by atoms with Gasteiger partial charge in [-0.15, -0.1) is 11.3 Å². The largest absolute Gasteiger partial charge is 0.395 e. The molecule has 160 valence electrons. The number of aliphatic hydroxyl groups excluding tert-OH is 1. The molecule has 0 aliphatic carbocycles. The van der Waals surface area contributed by atoms with Gasteiger partial charge >= 0.3 is 0 Å². The number of rotatable bonds is 4. The first-order valence-electron chi connectivity index (χ1n) is 9.88. The molecule has 1 fully saturated rings. The summed E-state index contributed by atoms with van der Waals surface area (Å²) in [7, 11) is 0. The maximum Gasteiger partial charge on any atom is 0.258 e. The van der Waals surface area contributed by atoms with Crippen molar-refractivity contribution in [3.05, 3.63) is 51.9 Å². The number of nitrogens with zero attached hydrogens (tertiary/aromatic N) is 3. The smallest absolute Gasteiger partial charge is 0.258 e. The van der Waals surface area contributed by atoms with Crippen molar-refractivity contribution in [2.75, 3.05) is 44.4 Å². The third-order valence-corrected chi connectivity index (χ3v) is 6.43. The number of halogens is 1. The molecule has 5 rings (SSSR count). The number of aromatic nitrogens is 2. The lowest BCUT2D eigenvalue weighted by Gasteiger charge is -2.28. The first-order valence-corrected chi connectivity index (χ1v) is 10.7. The highest BCUT2D eigenvalue weighted by atomic mass is 32.1. The monoisotopic (exact) mass is 442 g/mol. The van der Waals surface area contributed by atoms with Crippen molar-refractivity contribution in [3.63, 3.8) is 0 Å². The SMILES string of the molecule is O=C(NCCO)c1c(=O)c2cc(F)c(N3CCOCC3)nc2n2c1sc1ccccc12. The molecule has 0 saturated carbocycles. The predicted molar refractivity (Wildman–Crippen MR) is 117 cm³/mol. The molecule has 0 spiro atoms. The Hall–Kier alpha value is -3.08. The minimum Gasteiger partial charge on any atom is -0.395 e. The van der Waals surface area contributed by atoms with Crippen LogP contribution in [0.3, 0.4) is 0 Å². The van der Waals surface area contributed by atoms with E-state index in [2.05, 4.69) is 10.3 Å². The van der Waals surface area contributed by atoms with E-state index in [0.29, 0.717) is 36.8 Å². The average molecular weight is 442 g/mol. The zero-order valence-electron chi connectivity index (χ0n) is 16.4. The highest BCUT2D eigenvalue weighted by Gasteiger charge is 2.25. The Labute approximate surface area is 179 Å². The van der Waals surface area contributed by atoms with Gasteiger partial charge in [-0.25, -0.2) is 9.37 Å². The molecule has 4 aromatic rings. The second-order valence-electron chi connectivity index (χ2n) is 7.16. The number of pyridine rings is 2. The van der Waals surface area contributed by atoms with Crippen LogP contribution >= 0.6 is 11.3 Å². The second kappa shape index (κ2) is 7.88. The number of fused-ring (bicyclic) bond motifs is 5. The number of hydrogen-bond acceptors (Lipinski definition) is 7. The maximum atomic E-state index is 15.0. The number of carbonyl (C=O) groups excluding carboxylic acids is 1. The predicted octanol–water partition coefficient (Wildman–Crippen LogP) is 1.76. The fourth-order valence-corrected chi connectivity index (χ4v) is 5.04. The third kappa shape index (κ3) is 3.23. The van der Waals surface area contributed by atoms with Gasteiger partial charge in [0.15, 0.2) is 17.3 Å². The van der Waals surface area contributed by atoms with E-state index in [1.807, 2.05) is 24.3 Å². The summed E-state index contributed by atoms with van der Waals surface area (Å²) in [5.41, 5.74) is 0.411. The number of aliphatic hydroxyl groups is 1. The summed E-state index contributed by atoms with van der Waals surface area (Å²) in [6.45, 7) is 1.70. The van der Waals surface area contributed by atoms with Gasteiger partial charge in [0.1, 0.15) is 10.4 Å². The lowest BCUT2D eigenvalue weighted by molar-refractivity contribution is 0.0945. The van der Waals surface area contributed by atoms with Gasteiger partial charge < -0.3 is 20.1 Å². The van der Waals surface area contributed by atoms with Crippen molar-refractivity contribution in [1.29, 1.82) is 0 Å². The highest BCUT2D eigenvalue weighted by molar-refractivity contribution is 7.24. The number of thiazole rings is 1. The van der Waals surface area contributed by atoms with E-state index in [0.717, 1.165) is 16.3 Å². The van der Waals surface area contributed by atoms with Crippen molar-refractivity contribution in [2.45, 2.75) is 0 Å². The Balaban J connectivity index is 1.86. The first-order chi connectivity index (χ1) is 15.1. The van der Waals surface area contributed by atoms with Crippen LogP contribution in [0, 0.1) is 5.82 Å². The van der Waals surface area contributed by atoms with E-state index >= 15 is 4.39 Å². The van der Waals surface area contributed by atoms with E-state index in [1.54, 1.807) is 9.30 Å². The molecule has 0 unspecified atom stereocenters. The molecule has 1 amide bonds. The number of hydrogen-bond donors (Lipinski definition) is 2. The topological polar surface area (TPSA) is 96.2 Å². The van der Waals surface area contributed by atoms with E-state index in [9.17, 15) is 9.59 Å². The molecule has 1 aromatic carbocycles. The number of benzene rings is 1. The number of carbonyl (C=O) groups is 1. The van der Waals surface area contributed by atoms with Crippen molar-refractivity contribution in [3.8, 4) is 0 Å². The molecule has 4 heterocycles. The van der Waals surface area contributed by atoms with Crippen LogP contribution in [0.25, 0.3) is 26.1 Å². The Bertz CT molecular complexity index is 1380. The number of nitrogens with one attached hydrogen (secondary N) is 1. The molecular formula is C21H19FN4O4S. The first kappa shape index (κ1) is 19.9. The molecule has 1 aliphatic rings. The molecular weight excluding hydrogens is 423 g/mol. The molecule has 1 aliphatic heterocycles. The van der Waals surface area contributed by atoms with Crippen LogP contribution in [0.1, 0.15) is 10.4 Å². The van der Waals surface area contributed by atoms with Crippen LogP contribution in [0.4, 0.5) is 10.2 Å². The lowest BCUT2D eigenvalue weighted by atomic mass is 10.1. The second-order valence-corrected chi connectivity index (χ2v) is 8.19. The number of amides is 1. The zero-order valence-corrected chi connectivity index (χ0v) is 17.2. The lowest BCUT2D eigenvalue weighted by Crippen LogP contribution is -2.37. The van der Waals surface area contributed by atoms with Crippen molar-refractivity contribution in [2.24, 2.45) is 0 Å². The van der Waals surface area contributed by atoms with Gasteiger partial charge in [-0.3, -0.25) is 14.0 Å². The van der Waals surface area contributed by atoms with E-state index in [1.165, 1.54) is 11.3 Å². The van der Waals surface area contributed by atoms with Gasteiger partial charge in [-0.2, -0.15) is 0 Å². The van der Waals surface area contributed by atoms with Crippen LogP contribution in [0.5, 0.6) is 0 Å². The standard InChI is InChI=1S/C21H19FN4O4S/c22-13-11-12-17(28)16(20(29)23-5-8-27)21-26(14-3-1-2-4-15(14)31-21)18(12)24-19(13)25-6-9-30-10-7-25/h1-4,11,27H,5-10H2,(H,23,29). The molecule has 1 saturated heterocycles. The quantitative estimate of drug-likeness (QED) is 0.500. The number of para-hydroxylation sites is 1. The highest BCUT2D eigenvalue weighted by Crippen LogP contribution is 2.32. The maximum absolute atomic E-state index is 15.0. The molecule has 0 radical (unpaired) electrons. The Kier molecular flexibility index (Phi) is 5.05. The summed E-state index contributed by atoms with van der Waals surface area (Å²) in [6.07, 6.45) is 0. The summed E-state index contributed by atoms with van der Waals surface area (Å²) >= 11 is 1.30. The minimum atomic E-state index is -0.618. The van der Waals surface area contributed by atoms with E-state index in [4.69, 9.17) is 9.84 Å². The fourth-order valence-electron chi connectivity index (χ4n) is 3.85. The van der Waals surface area contributed by atoms with Crippen LogP contribution in [0.15, 0.2) is 35.1 Å². The molecule has 0 bridgehead atoms. The van der Waals surface area contributed by atoms with Gasteiger partial charge in [0.25, 0.3) is 5.91 Å². The Morgan fingerprint density at radius 2 is 2.06 bits per heavy atom. The van der Waals surface area contributed by atoms with Gasteiger partial charge in [0, 0.05) is 19.6 Å². The molecule has 31 heavy (non-hydrogen) atoms. The summed E-state index contributed by atoms with van der Waals surface area (Å²) in [5, 5.41) is 11.6. The fraction of sp³-hybridized carbons (Fsp3) is 0.286. The van der Waals surface area contributed by atoms with Crippen LogP contribution in [-0.2, 0) is 4.74 Å². The molecule has 2 N–H and O–H groups in total. The van der Waals surface area contributed by atoms with Gasteiger partial charge in [0.05, 0.1) is 35.4 Å². The molecule has 8 nitrogen and oxygen atoms in total. The van der Waals surface area contributed by atoms with Crippen LogP contribution < -0.4 is 15.6 Å². The van der Waals surface area contributed by atoms with Gasteiger partial charge in [-0.1, -0.05) is 12.1 Å².